The molecule has 2 amide bonds. The standard InChI is InChI=1S/C27H37N3O6/c1-6-36-27(33)25-17(2)21(18(3)29-25)8-10-24(31)30-13-11-20(12-14-30)26(32)28-16-19-7-9-22(34-4)23(15-19)35-5/h7,9,15,20,29H,6,8,10-14,16H2,1-5H3,(H,28,32). The number of ether oxygens (including phenoxy) is 3. The molecule has 1 fully saturated rings. The van der Waals surface area contributed by atoms with Gasteiger partial charge in [0.05, 0.1) is 20.8 Å². The number of aromatic nitrogens is 1. The van der Waals surface area contributed by atoms with Crippen LogP contribution in [0.25, 0.3) is 0 Å². The van der Waals surface area contributed by atoms with Crippen LogP contribution >= 0.6 is 0 Å². The molecule has 9 nitrogen and oxygen atoms in total. The molecule has 3 rings (SSSR count). The van der Waals surface area contributed by atoms with E-state index >= 15 is 0 Å². The van der Waals surface area contributed by atoms with Crippen LogP contribution in [-0.2, 0) is 27.3 Å². The van der Waals surface area contributed by atoms with Gasteiger partial charge in [0, 0.05) is 37.7 Å². The van der Waals surface area contributed by atoms with Gasteiger partial charge in [0.25, 0.3) is 0 Å². The molecule has 1 aromatic heterocycles. The van der Waals surface area contributed by atoms with Gasteiger partial charge in [-0.15, -0.1) is 0 Å². The highest BCUT2D eigenvalue weighted by Gasteiger charge is 2.27. The molecule has 0 bridgehead atoms. The second-order valence-corrected chi connectivity index (χ2v) is 9.01. The summed E-state index contributed by atoms with van der Waals surface area (Å²) in [6.07, 6.45) is 2.19. The molecule has 0 atom stereocenters. The third-order valence-corrected chi connectivity index (χ3v) is 6.79. The molecule has 0 unspecified atom stereocenters. The van der Waals surface area contributed by atoms with Crippen molar-refractivity contribution in [2.75, 3.05) is 33.9 Å². The molecule has 2 heterocycles. The number of carbonyl (C=O) groups is 3. The van der Waals surface area contributed by atoms with Crippen molar-refractivity contribution >= 4 is 17.8 Å². The van der Waals surface area contributed by atoms with Crippen molar-refractivity contribution in [1.29, 1.82) is 0 Å². The molecule has 0 spiro atoms. The number of likely N-dealkylation sites (tertiary alicyclic amines) is 1. The van der Waals surface area contributed by atoms with E-state index in [0.29, 0.717) is 69.1 Å². The van der Waals surface area contributed by atoms with E-state index in [2.05, 4.69) is 10.3 Å². The monoisotopic (exact) mass is 499 g/mol. The van der Waals surface area contributed by atoms with Crippen molar-refractivity contribution in [1.82, 2.24) is 15.2 Å². The number of esters is 1. The summed E-state index contributed by atoms with van der Waals surface area (Å²) in [7, 11) is 3.16. The number of piperidine rings is 1. The van der Waals surface area contributed by atoms with Crippen LogP contribution in [0.1, 0.15) is 59.1 Å². The second-order valence-electron chi connectivity index (χ2n) is 9.01. The van der Waals surface area contributed by atoms with Crippen LogP contribution in [0.5, 0.6) is 11.5 Å². The predicted octanol–water partition coefficient (Wildman–Crippen LogP) is 3.31. The smallest absolute Gasteiger partial charge is 0.355 e. The summed E-state index contributed by atoms with van der Waals surface area (Å²) in [6.45, 7) is 7.39. The second kappa shape index (κ2) is 12.5. The summed E-state index contributed by atoms with van der Waals surface area (Å²) < 4.78 is 15.7. The molecule has 36 heavy (non-hydrogen) atoms. The molecule has 0 saturated carbocycles. The Hall–Kier alpha value is -3.49. The Morgan fingerprint density at radius 1 is 1.08 bits per heavy atom. The average molecular weight is 500 g/mol. The summed E-state index contributed by atoms with van der Waals surface area (Å²) in [5.74, 6) is 0.848. The highest BCUT2D eigenvalue weighted by atomic mass is 16.5. The van der Waals surface area contributed by atoms with Gasteiger partial charge in [0.2, 0.25) is 11.8 Å². The summed E-state index contributed by atoms with van der Waals surface area (Å²) >= 11 is 0. The molecule has 2 N–H and O–H groups in total. The Morgan fingerprint density at radius 2 is 1.78 bits per heavy atom. The molecule has 196 valence electrons. The van der Waals surface area contributed by atoms with E-state index in [1.54, 1.807) is 21.1 Å². The lowest BCUT2D eigenvalue weighted by Gasteiger charge is -2.31. The first-order chi connectivity index (χ1) is 17.3. The summed E-state index contributed by atoms with van der Waals surface area (Å²) in [4.78, 5) is 42.6. The van der Waals surface area contributed by atoms with E-state index < -0.39 is 0 Å². The zero-order chi connectivity index (χ0) is 26.2. The molecule has 0 aliphatic carbocycles. The SMILES string of the molecule is CCOC(=O)c1[nH]c(C)c(CCC(=O)N2CCC(C(=O)NCc3ccc(OC)c(OC)c3)CC2)c1C. The Morgan fingerprint density at radius 3 is 2.42 bits per heavy atom. The Balaban J connectivity index is 1.46. The minimum absolute atomic E-state index is 0.00181. The fraction of sp³-hybridized carbons (Fsp3) is 0.519. The van der Waals surface area contributed by atoms with Gasteiger partial charge < -0.3 is 29.4 Å². The van der Waals surface area contributed by atoms with Gasteiger partial charge in [-0.2, -0.15) is 0 Å². The molecule has 1 aromatic carbocycles. The molecule has 9 heteroatoms. The quantitative estimate of drug-likeness (QED) is 0.486. The van der Waals surface area contributed by atoms with Gasteiger partial charge in [0.1, 0.15) is 5.69 Å². The molecular formula is C27H37N3O6. The number of aromatic amines is 1. The van der Waals surface area contributed by atoms with Crippen molar-refractivity contribution in [2.45, 2.75) is 53.0 Å². The zero-order valence-corrected chi connectivity index (χ0v) is 21.9. The third-order valence-electron chi connectivity index (χ3n) is 6.79. The number of benzene rings is 1. The van der Waals surface area contributed by atoms with Crippen LogP contribution < -0.4 is 14.8 Å². The first-order valence-corrected chi connectivity index (χ1v) is 12.4. The first-order valence-electron chi connectivity index (χ1n) is 12.4. The van der Waals surface area contributed by atoms with Crippen LogP contribution in [0.2, 0.25) is 0 Å². The van der Waals surface area contributed by atoms with Gasteiger partial charge in [-0.3, -0.25) is 9.59 Å². The van der Waals surface area contributed by atoms with Crippen molar-refractivity contribution in [3.8, 4) is 11.5 Å². The van der Waals surface area contributed by atoms with Gasteiger partial charge >= 0.3 is 5.97 Å². The number of methoxy groups -OCH3 is 2. The minimum atomic E-state index is -0.373. The summed E-state index contributed by atoms with van der Waals surface area (Å²) in [6, 6.07) is 5.56. The van der Waals surface area contributed by atoms with E-state index in [1.807, 2.05) is 36.9 Å². The van der Waals surface area contributed by atoms with E-state index in [-0.39, 0.29) is 23.7 Å². The third kappa shape index (κ3) is 6.38. The van der Waals surface area contributed by atoms with Gasteiger partial charge in [-0.1, -0.05) is 6.07 Å². The van der Waals surface area contributed by atoms with Gasteiger partial charge in [-0.25, -0.2) is 4.79 Å². The van der Waals surface area contributed by atoms with Gasteiger partial charge in [0.15, 0.2) is 11.5 Å². The number of hydrogen-bond acceptors (Lipinski definition) is 6. The number of nitrogens with zero attached hydrogens (tertiary/aromatic N) is 1. The Kier molecular flexibility index (Phi) is 9.38. The zero-order valence-electron chi connectivity index (χ0n) is 21.9. The fourth-order valence-electron chi connectivity index (χ4n) is 4.68. The summed E-state index contributed by atoms with van der Waals surface area (Å²) in [5.41, 5.74) is 4.08. The average Bonchev–Trinajstić information content (AvgIpc) is 3.18. The molecule has 0 radical (unpaired) electrons. The predicted molar refractivity (Wildman–Crippen MR) is 135 cm³/mol. The summed E-state index contributed by atoms with van der Waals surface area (Å²) in [5, 5.41) is 3.00. The van der Waals surface area contributed by atoms with E-state index in [0.717, 1.165) is 22.4 Å². The van der Waals surface area contributed by atoms with Crippen molar-refractivity contribution in [3.63, 3.8) is 0 Å². The van der Waals surface area contributed by atoms with Gasteiger partial charge in [-0.05, 0) is 68.9 Å². The first kappa shape index (κ1) is 27.1. The number of amides is 2. The number of nitrogens with one attached hydrogen (secondary N) is 2. The topological polar surface area (TPSA) is 110 Å². The Bertz CT molecular complexity index is 1090. The van der Waals surface area contributed by atoms with Crippen LogP contribution in [0.4, 0.5) is 0 Å². The molecular weight excluding hydrogens is 462 g/mol. The lowest BCUT2D eigenvalue weighted by molar-refractivity contribution is -0.135. The lowest BCUT2D eigenvalue weighted by Crippen LogP contribution is -2.43. The van der Waals surface area contributed by atoms with Crippen LogP contribution in [-0.4, -0.2) is 61.6 Å². The highest BCUT2D eigenvalue weighted by molar-refractivity contribution is 5.90. The van der Waals surface area contributed by atoms with Crippen LogP contribution in [0.15, 0.2) is 18.2 Å². The maximum atomic E-state index is 12.8. The van der Waals surface area contributed by atoms with Crippen molar-refractivity contribution < 1.29 is 28.6 Å². The minimum Gasteiger partial charge on any atom is -0.493 e. The molecule has 1 saturated heterocycles. The van der Waals surface area contributed by atoms with Crippen molar-refractivity contribution in [3.05, 3.63) is 46.3 Å². The number of aryl methyl sites for hydroxylation is 1. The number of H-pyrrole nitrogens is 1. The van der Waals surface area contributed by atoms with E-state index in [9.17, 15) is 14.4 Å². The Labute approximate surface area is 212 Å². The maximum absolute atomic E-state index is 12.8. The fourth-order valence-corrected chi connectivity index (χ4v) is 4.68. The maximum Gasteiger partial charge on any atom is 0.355 e. The van der Waals surface area contributed by atoms with E-state index in [4.69, 9.17) is 14.2 Å². The van der Waals surface area contributed by atoms with Crippen LogP contribution in [0.3, 0.4) is 0 Å². The van der Waals surface area contributed by atoms with Crippen molar-refractivity contribution in [2.24, 2.45) is 5.92 Å². The number of carbonyl (C=O) groups excluding carboxylic acids is 3. The van der Waals surface area contributed by atoms with Crippen LogP contribution in [0, 0.1) is 19.8 Å². The molecule has 1 aliphatic heterocycles. The lowest BCUT2D eigenvalue weighted by atomic mass is 9.95. The molecule has 1 aliphatic rings. The largest absolute Gasteiger partial charge is 0.493 e. The molecule has 2 aromatic rings. The van der Waals surface area contributed by atoms with E-state index in [1.165, 1.54) is 0 Å². The normalized spacial score (nSPS) is 13.9. The highest BCUT2D eigenvalue weighted by Crippen LogP contribution is 2.28. The number of rotatable bonds is 10. The number of hydrogen-bond donors (Lipinski definition) is 2.